The molecule has 206 valence electrons. The number of aliphatic hydroxyl groups excluding tert-OH is 1. The van der Waals surface area contributed by atoms with Gasteiger partial charge in [0.25, 0.3) is 0 Å². The number of thioether (sulfide) groups is 1. The van der Waals surface area contributed by atoms with Crippen LogP contribution in [-0.2, 0) is 23.9 Å². The van der Waals surface area contributed by atoms with E-state index in [-0.39, 0.29) is 36.2 Å². The topological polar surface area (TPSA) is 99.6 Å². The maximum absolute atomic E-state index is 14.1. The van der Waals surface area contributed by atoms with Crippen molar-refractivity contribution in [1.82, 2.24) is 14.7 Å². The van der Waals surface area contributed by atoms with Gasteiger partial charge in [-0.15, -0.1) is 24.9 Å². The Kier molecular flexibility index (Phi) is 9.72. The van der Waals surface area contributed by atoms with E-state index in [2.05, 4.69) is 18.1 Å². The number of rotatable bonds is 14. The van der Waals surface area contributed by atoms with Gasteiger partial charge in [-0.1, -0.05) is 12.2 Å². The van der Waals surface area contributed by atoms with Crippen molar-refractivity contribution in [2.24, 2.45) is 11.8 Å². The molecule has 4 aliphatic heterocycles. The van der Waals surface area contributed by atoms with E-state index in [4.69, 9.17) is 9.47 Å². The highest BCUT2D eigenvalue weighted by Crippen LogP contribution is 2.66. The van der Waals surface area contributed by atoms with Crippen molar-refractivity contribution < 1.29 is 29.0 Å². The number of β-amino-alcohol motifs (C(OH)–C–C–N with tert-alkyl or cyclic N) is 1. The summed E-state index contributed by atoms with van der Waals surface area (Å²) in [4.78, 5) is 46.7. The first-order valence-electron chi connectivity index (χ1n) is 13.5. The molecule has 0 aromatic carbocycles. The first kappa shape index (κ1) is 28.1. The quantitative estimate of drug-likeness (QED) is 0.202. The highest BCUT2D eigenvalue weighted by atomic mass is 32.2. The van der Waals surface area contributed by atoms with Crippen LogP contribution in [0.1, 0.15) is 32.1 Å². The maximum atomic E-state index is 14.1. The Balaban J connectivity index is 1.52. The molecule has 1 N–H and O–H groups in total. The van der Waals surface area contributed by atoms with Gasteiger partial charge in [-0.05, 0) is 32.1 Å². The van der Waals surface area contributed by atoms with Gasteiger partial charge in [0, 0.05) is 44.5 Å². The van der Waals surface area contributed by atoms with E-state index >= 15 is 0 Å². The second-order valence-corrected chi connectivity index (χ2v) is 11.9. The molecule has 2 bridgehead atoms. The number of amides is 2. The van der Waals surface area contributed by atoms with Gasteiger partial charge in [-0.2, -0.15) is 0 Å². The number of carbonyl (C=O) groups is 3. The second kappa shape index (κ2) is 12.8. The molecular weight excluding hydrogens is 494 g/mol. The molecule has 4 rings (SSSR count). The smallest absolute Gasteiger partial charge is 0.310 e. The molecule has 9 nitrogen and oxygen atoms in total. The van der Waals surface area contributed by atoms with Crippen LogP contribution < -0.4 is 0 Å². The number of fused-ring (bicyclic) bond motifs is 1. The molecule has 37 heavy (non-hydrogen) atoms. The lowest BCUT2D eigenvalue weighted by Crippen LogP contribution is -2.56. The summed E-state index contributed by atoms with van der Waals surface area (Å²) in [5.41, 5.74) is 0. The van der Waals surface area contributed by atoms with Crippen molar-refractivity contribution in [1.29, 1.82) is 0 Å². The highest BCUT2D eigenvalue weighted by Gasteiger charge is 2.74. The Morgan fingerprint density at radius 1 is 1.22 bits per heavy atom. The van der Waals surface area contributed by atoms with E-state index in [9.17, 15) is 19.5 Å². The van der Waals surface area contributed by atoms with E-state index < -0.39 is 22.6 Å². The minimum Gasteiger partial charge on any atom is -0.465 e. The van der Waals surface area contributed by atoms with Crippen LogP contribution in [0.5, 0.6) is 0 Å². The van der Waals surface area contributed by atoms with Crippen LogP contribution in [0.25, 0.3) is 0 Å². The summed E-state index contributed by atoms with van der Waals surface area (Å²) < 4.78 is 10.4. The molecule has 0 aliphatic carbocycles. The summed E-state index contributed by atoms with van der Waals surface area (Å²) >= 11 is 1.63. The Bertz CT molecular complexity index is 865. The molecule has 2 unspecified atom stereocenters. The minimum absolute atomic E-state index is 0.0256. The zero-order valence-electron chi connectivity index (χ0n) is 21.7. The van der Waals surface area contributed by atoms with Crippen molar-refractivity contribution in [2.45, 2.75) is 48.1 Å². The van der Waals surface area contributed by atoms with Gasteiger partial charge in [-0.25, -0.2) is 0 Å². The predicted molar refractivity (Wildman–Crippen MR) is 142 cm³/mol. The molecule has 0 radical (unpaired) electrons. The van der Waals surface area contributed by atoms with E-state index in [1.807, 2.05) is 6.08 Å². The number of allylic oxidation sites excluding steroid dienone is 1. The van der Waals surface area contributed by atoms with Gasteiger partial charge in [0.15, 0.2) is 0 Å². The molecule has 2 amide bonds. The molecule has 0 aromatic heterocycles. The molecular formula is C27H41N3O6S. The van der Waals surface area contributed by atoms with Crippen LogP contribution in [-0.4, -0.2) is 119 Å². The molecule has 5 atom stereocenters. The third kappa shape index (κ3) is 5.62. The fourth-order valence-corrected chi connectivity index (χ4v) is 8.62. The summed E-state index contributed by atoms with van der Waals surface area (Å²) in [6.07, 6.45) is 7.56. The van der Waals surface area contributed by atoms with E-state index in [0.29, 0.717) is 39.3 Å². The lowest BCUT2D eigenvalue weighted by Gasteiger charge is -2.38. The first-order valence-corrected chi connectivity index (χ1v) is 14.4. The average Bonchev–Trinajstić information content (AvgIpc) is 3.54. The Hall–Kier alpha value is -1.88. The third-order valence-electron chi connectivity index (χ3n) is 8.15. The largest absolute Gasteiger partial charge is 0.465 e. The number of carbonyl (C=O) groups excluding carboxylic acids is 3. The number of ether oxygens (including phenoxy) is 2. The lowest BCUT2D eigenvalue weighted by atomic mass is 9.71. The molecule has 0 aromatic rings. The highest BCUT2D eigenvalue weighted by molar-refractivity contribution is 8.02. The van der Waals surface area contributed by atoms with Gasteiger partial charge < -0.3 is 24.4 Å². The fourth-order valence-electron chi connectivity index (χ4n) is 6.42. The molecule has 4 saturated heterocycles. The molecule has 4 heterocycles. The zero-order valence-corrected chi connectivity index (χ0v) is 22.5. The van der Waals surface area contributed by atoms with E-state index in [1.165, 1.54) is 4.90 Å². The maximum Gasteiger partial charge on any atom is 0.310 e. The van der Waals surface area contributed by atoms with Gasteiger partial charge in [0.2, 0.25) is 11.8 Å². The van der Waals surface area contributed by atoms with Crippen LogP contribution >= 0.6 is 11.8 Å². The monoisotopic (exact) mass is 535 g/mol. The van der Waals surface area contributed by atoms with Gasteiger partial charge in [0.1, 0.15) is 6.04 Å². The summed E-state index contributed by atoms with van der Waals surface area (Å²) in [5.74, 6) is -1.80. The number of nitrogens with zero attached hydrogens (tertiary/aromatic N) is 3. The Morgan fingerprint density at radius 3 is 2.70 bits per heavy atom. The van der Waals surface area contributed by atoms with Crippen molar-refractivity contribution in [3.8, 4) is 0 Å². The molecule has 4 aliphatic rings. The Morgan fingerprint density at radius 2 is 2.00 bits per heavy atom. The number of aliphatic hydroxyl groups is 1. The van der Waals surface area contributed by atoms with E-state index in [1.54, 1.807) is 22.7 Å². The molecule has 0 saturated carbocycles. The van der Waals surface area contributed by atoms with Crippen molar-refractivity contribution in [3.05, 3.63) is 25.3 Å². The summed E-state index contributed by atoms with van der Waals surface area (Å²) in [6.45, 7) is 12.4. The number of likely N-dealkylation sites (tertiary alicyclic amines) is 1. The van der Waals surface area contributed by atoms with Crippen LogP contribution in [0.2, 0.25) is 0 Å². The standard InChI is InChI=1S/C27H41N3O6S/c1-3-5-6-7-17-36-26(34)21-20-8-9-27(37-20)22(21)24(32)30(13-16-31)23(27)25(33)29(10-4-2)12-11-28-14-18-35-19-15-28/h3-4,20-23,31H,1-2,5-19H2/t20-,21+,22+,23?,27?/m1/s1. The van der Waals surface area contributed by atoms with Crippen molar-refractivity contribution in [3.63, 3.8) is 0 Å². The van der Waals surface area contributed by atoms with Gasteiger partial charge in [-0.3, -0.25) is 19.3 Å². The van der Waals surface area contributed by atoms with Crippen LogP contribution in [0.4, 0.5) is 0 Å². The van der Waals surface area contributed by atoms with Gasteiger partial charge >= 0.3 is 5.97 Å². The minimum atomic E-state index is -0.706. The number of unbranched alkanes of at least 4 members (excludes halogenated alkanes) is 2. The molecule has 1 spiro atoms. The third-order valence-corrected chi connectivity index (χ3v) is 10.1. The second-order valence-electron chi connectivity index (χ2n) is 10.3. The average molecular weight is 536 g/mol. The fraction of sp³-hybridized carbons (Fsp3) is 0.741. The number of morpholine rings is 1. The number of esters is 1. The summed E-state index contributed by atoms with van der Waals surface area (Å²) in [6, 6.07) is -0.706. The normalized spacial score (nSPS) is 30.8. The molecule has 10 heteroatoms. The number of hydrogen-bond acceptors (Lipinski definition) is 8. The van der Waals surface area contributed by atoms with Crippen molar-refractivity contribution in [2.75, 3.05) is 65.7 Å². The van der Waals surface area contributed by atoms with Crippen LogP contribution in [0.3, 0.4) is 0 Å². The van der Waals surface area contributed by atoms with Gasteiger partial charge in [0.05, 0.1) is 43.0 Å². The number of hydrogen-bond donors (Lipinski definition) is 1. The summed E-state index contributed by atoms with van der Waals surface area (Å²) in [5, 5.41) is 9.77. The molecule has 4 fully saturated rings. The van der Waals surface area contributed by atoms with E-state index in [0.717, 1.165) is 45.3 Å². The van der Waals surface area contributed by atoms with Crippen LogP contribution in [0, 0.1) is 11.8 Å². The zero-order chi connectivity index (χ0) is 26.4. The predicted octanol–water partition coefficient (Wildman–Crippen LogP) is 1.32. The Labute approximate surface area is 224 Å². The SMILES string of the molecule is C=CCCCCOC(=O)[C@@H]1[C@H]2C(=O)N(CCO)C(C(=O)N(CC=C)CCN3CCOCC3)C23CC[C@H]1S3. The van der Waals surface area contributed by atoms with Crippen LogP contribution in [0.15, 0.2) is 25.3 Å². The summed E-state index contributed by atoms with van der Waals surface area (Å²) in [7, 11) is 0. The van der Waals surface area contributed by atoms with Crippen molar-refractivity contribution >= 4 is 29.5 Å². The first-order chi connectivity index (χ1) is 18.0. The lowest BCUT2D eigenvalue weighted by molar-refractivity contribution is -0.154.